The van der Waals surface area contributed by atoms with E-state index in [-0.39, 0.29) is 17.7 Å². The number of nitrogens with zero attached hydrogens (tertiary/aromatic N) is 1. The summed E-state index contributed by atoms with van der Waals surface area (Å²) in [6.07, 6.45) is 0. The van der Waals surface area contributed by atoms with Gasteiger partial charge in [0.05, 0.1) is 12.0 Å². The van der Waals surface area contributed by atoms with Crippen molar-refractivity contribution in [2.75, 3.05) is 0 Å². The second-order valence-corrected chi connectivity index (χ2v) is 3.92. The van der Waals surface area contributed by atoms with Gasteiger partial charge in [0, 0.05) is 5.02 Å². The zero-order chi connectivity index (χ0) is 10.7. The third-order valence-corrected chi connectivity index (χ3v) is 2.43. The Labute approximate surface area is 88.1 Å². The van der Waals surface area contributed by atoms with E-state index >= 15 is 0 Å². The predicted octanol–water partition coefficient (Wildman–Crippen LogP) is 3.74. The van der Waals surface area contributed by atoms with Crippen LogP contribution < -0.4 is 0 Å². The van der Waals surface area contributed by atoms with Crippen LogP contribution in [0.1, 0.15) is 25.3 Å². The molecule has 0 heterocycles. The molecule has 74 valence electrons. The molecule has 3 heteroatoms. The second kappa shape index (κ2) is 4.43. The van der Waals surface area contributed by atoms with Gasteiger partial charge >= 0.3 is 0 Å². The Morgan fingerprint density at radius 2 is 2.07 bits per heavy atom. The van der Waals surface area contributed by atoms with E-state index in [9.17, 15) is 4.39 Å². The maximum absolute atomic E-state index is 12.7. The van der Waals surface area contributed by atoms with Gasteiger partial charge in [0.15, 0.2) is 0 Å². The van der Waals surface area contributed by atoms with Crippen LogP contribution in [0.15, 0.2) is 18.2 Å². The lowest BCUT2D eigenvalue weighted by atomic mass is 9.90. The van der Waals surface area contributed by atoms with E-state index in [2.05, 4.69) is 6.07 Å². The first-order chi connectivity index (χ1) is 6.56. The van der Waals surface area contributed by atoms with E-state index in [0.29, 0.717) is 10.6 Å². The fourth-order valence-corrected chi connectivity index (χ4v) is 1.62. The molecule has 1 aromatic carbocycles. The number of benzene rings is 1. The lowest BCUT2D eigenvalue weighted by Gasteiger charge is -2.14. The number of hydrogen-bond acceptors (Lipinski definition) is 1. The van der Waals surface area contributed by atoms with Crippen molar-refractivity contribution in [3.8, 4) is 6.07 Å². The largest absolute Gasteiger partial charge is 0.207 e. The van der Waals surface area contributed by atoms with Crippen LogP contribution in [0.3, 0.4) is 0 Å². The quantitative estimate of drug-likeness (QED) is 0.731. The molecule has 0 fully saturated rings. The van der Waals surface area contributed by atoms with Gasteiger partial charge in [-0.25, -0.2) is 4.39 Å². The Morgan fingerprint density at radius 1 is 1.43 bits per heavy atom. The smallest absolute Gasteiger partial charge is 0.124 e. The minimum absolute atomic E-state index is 0.169. The molecule has 0 aliphatic rings. The molecule has 0 amide bonds. The van der Waals surface area contributed by atoms with Gasteiger partial charge in [-0.3, -0.25) is 0 Å². The fraction of sp³-hybridized carbons (Fsp3) is 0.364. The van der Waals surface area contributed by atoms with Gasteiger partial charge in [-0.2, -0.15) is 5.26 Å². The summed E-state index contributed by atoms with van der Waals surface area (Å²) < 4.78 is 12.7. The third-order valence-electron chi connectivity index (χ3n) is 2.10. The molecule has 0 saturated heterocycles. The van der Waals surface area contributed by atoms with Crippen molar-refractivity contribution in [2.24, 2.45) is 5.92 Å². The minimum Gasteiger partial charge on any atom is -0.207 e. The molecule has 0 radical (unpaired) electrons. The predicted molar refractivity (Wildman–Crippen MR) is 54.6 cm³/mol. The van der Waals surface area contributed by atoms with E-state index in [1.165, 1.54) is 12.1 Å². The zero-order valence-corrected chi connectivity index (χ0v) is 8.85. The summed E-state index contributed by atoms with van der Waals surface area (Å²) in [5, 5.41) is 9.27. The summed E-state index contributed by atoms with van der Waals surface area (Å²) in [5.74, 6) is -0.481. The first kappa shape index (κ1) is 11.0. The molecule has 1 nitrogen and oxygen atoms in total. The number of rotatable bonds is 2. The van der Waals surface area contributed by atoms with Gasteiger partial charge in [0.2, 0.25) is 0 Å². The summed E-state index contributed by atoms with van der Waals surface area (Å²) in [4.78, 5) is 0. The lowest BCUT2D eigenvalue weighted by molar-refractivity contribution is 0.583. The SMILES string of the molecule is CC(C)C(C#N)c1ccc(F)cc1Cl. The molecule has 1 atom stereocenters. The van der Waals surface area contributed by atoms with Gasteiger partial charge in [0.1, 0.15) is 5.82 Å². The highest BCUT2D eigenvalue weighted by atomic mass is 35.5. The van der Waals surface area contributed by atoms with Crippen LogP contribution in [0.25, 0.3) is 0 Å². The van der Waals surface area contributed by atoms with Crippen molar-refractivity contribution in [1.82, 2.24) is 0 Å². The van der Waals surface area contributed by atoms with Crippen LogP contribution in [0, 0.1) is 23.1 Å². The van der Waals surface area contributed by atoms with E-state index < -0.39 is 0 Å². The molecule has 0 spiro atoms. The van der Waals surface area contributed by atoms with Crippen molar-refractivity contribution in [1.29, 1.82) is 5.26 Å². The fourth-order valence-electron chi connectivity index (χ4n) is 1.33. The Kier molecular flexibility index (Phi) is 3.49. The Bertz CT molecular complexity index is 368. The molecule has 1 aromatic rings. The van der Waals surface area contributed by atoms with Crippen LogP contribution in [-0.2, 0) is 0 Å². The van der Waals surface area contributed by atoms with Crippen LogP contribution in [-0.4, -0.2) is 0 Å². The molecule has 0 aromatic heterocycles. The number of hydrogen-bond donors (Lipinski definition) is 0. The van der Waals surface area contributed by atoms with Crippen molar-refractivity contribution in [3.05, 3.63) is 34.6 Å². The van der Waals surface area contributed by atoms with Crippen LogP contribution >= 0.6 is 11.6 Å². The van der Waals surface area contributed by atoms with Crippen molar-refractivity contribution in [3.63, 3.8) is 0 Å². The van der Waals surface area contributed by atoms with Gasteiger partial charge < -0.3 is 0 Å². The topological polar surface area (TPSA) is 23.8 Å². The van der Waals surface area contributed by atoms with Crippen molar-refractivity contribution < 1.29 is 4.39 Å². The summed E-state index contributed by atoms with van der Waals surface area (Å²) in [6.45, 7) is 3.88. The first-order valence-electron chi connectivity index (χ1n) is 4.40. The Hall–Kier alpha value is -1.07. The highest BCUT2D eigenvalue weighted by Crippen LogP contribution is 2.30. The second-order valence-electron chi connectivity index (χ2n) is 3.52. The van der Waals surface area contributed by atoms with Crippen LogP contribution in [0.2, 0.25) is 5.02 Å². The van der Waals surface area contributed by atoms with Gasteiger partial charge in [0.25, 0.3) is 0 Å². The molecule has 1 unspecified atom stereocenters. The van der Waals surface area contributed by atoms with E-state index in [0.717, 1.165) is 0 Å². The van der Waals surface area contributed by atoms with Crippen molar-refractivity contribution >= 4 is 11.6 Å². The van der Waals surface area contributed by atoms with Gasteiger partial charge in [-0.1, -0.05) is 31.5 Å². The maximum Gasteiger partial charge on any atom is 0.124 e. The van der Waals surface area contributed by atoms with E-state index in [4.69, 9.17) is 16.9 Å². The normalized spacial score (nSPS) is 12.6. The summed E-state index contributed by atoms with van der Waals surface area (Å²) in [6, 6.07) is 6.31. The highest BCUT2D eigenvalue weighted by molar-refractivity contribution is 6.31. The first-order valence-corrected chi connectivity index (χ1v) is 4.78. The number of nitriles is 1. The number of halogens is 2. The lowest BCUT2D eigenvalue weighted by Crippen LogP contribution is -2.04. The molecule has 0 N–H and O–H groups in total. The Balaban J connectivity index is 3.13. The molecule has 0 aliphatic heterocycles. The van der Waals surface area contributed by atoms with Gasteiger partial charge in [-0.15, -0.1) is 0 Å². The minimum atomic E-state index is -0.376. The Morgan fingerprint density at radius 3 is 2.50 bits per heavy atom. The molecular formula is C11H11ClFN. The van der Waals surface area contributed by atoms with Gasteiger partial charge in [-0.05, 0) is 23.6 Å². The maximum atomic E-state index is 12.7. The molecule has 1 rings (SSSR count). The molecule has 0 saturated carbocycles. The standard InChI is InChI=1S/C11H11ClFN/c1-7(2)10(6-14)9-4-3-8(13)5-11(9)12/h3-5,7,10H,1-2H3. The average molecular weight is 212 g/mol. The summed E-state index contributed by atoms with van der Waals surface area (Å²) in [5.41, 5.74) is 0.700. The zero-order valence-electron chi connectivity index (χ0n) is 8.09. The summed E-state index contributed by atoms with van der Waals surface area (Å²) >= 11 is 5.86. The monoisotopic (exact) mass is 211 g/mol. The molecular weight excluding hydrogens is 201 g/mol. The molecule has 14 heavy (non-hydrogen) atoms. The van der Waals surface area contributed by atoms with E-state index in [1.807, 2.05) is 13.8 Å². The van der Waals surface area contributed by atoms with Crippen LogP contribution in [0.5, 0.6) is 0 Å². The molecule has 0 aliphatic carbocycles. The van der Waals surface area contributed by atoms with Crippen LogP contribution in [0.4, 0.5) is 4.39 Å². The van der Waals surface area contributed by atoms with E-state index in [1.54, 1.807) is 6.07 Å². The third kappa shape index (κ3) is 2.24. The van der Waals surface area contributed by atoms with Crippen molar-refractivity contribution in [2.45, 2.75) is 19.8 Å². The molecule has 0 bridgehead atoms. The highest BCUT2D eigenvalue weighted by Gasteiger charge is 2.17. The summed E-state index contributed by atoms with van der Waals surface area (Å²) in [7, 11) is 0. The average Bonchev–Trinajstić information content (AvgIpc) is 2.09.